The van der Waals surface area contributed by atoms with Crippen molar-refractivity contribution in [2.45, 2.75) is 53.0 Å². The van der Waals surface area contributed by atoms with E-state index in [-0.39, 0.29) is 16.4 Å². The minimum absolute atomic E-state index is 0.105. The van der Waals surface area contributed by atoms with E-state index in [1.54, 1.807) is 11.8 Å². The van der Waals surface area contributed by atoms with Crippen molar-refractivity contribution >= 4 is 34.0 Å². The Bertz CT molecular complexity index is 475. The number of rotatable bonds is 1. The van der Waals surface area contributed by atoms with Crippen LogP contribution in [-0.2, 0) is 0 Å². The molecule has 106 valence electrons. The first-order valence-electron chi connectivity index (χ1n) is 6.76. The second kappa shape index (κ2) is 4.59. The first kappa shape index (κ1) is 15.0. The average molecular weight is 297 g/mol. The molecule has 0 aromatic heterocycles. The van der Waals surface area contributed by atoms with Gasteiger partial charge in [0.2, 0.25) is 0 Å². The van der Waals surface area contributed by atoms with Gasteiger partial charge in [0.1, 0.15) is 0 Å². The molecule has 2 aliphatic heterocycles. The molecule has 0 radical (unpaired) electrons. The average Bonchev–Trinajstić information content (AvgIpc) is 2.62. The van der Waals surface area contributed by atoms with Crippen LogP contribution in [0.25, 0.3) is 0 Å². The highest BCUT2D eigenvalue weighted by molar-refractivity contribution is 8.13. The summed E-state index contributed by atoms with van der Waals surface area (Å²) in [6.07, 6.45) is 6.42. The lowest BCUT2D eigenvalue weighted by Gasteiger charge is -2.35. The SMILES string of the molecule is CSC1=NC(C)(/C=C2\NC(=S)CC2(C)C)C(C)(C)C1. The molecule has 0 saturated carbocycles. The number of hydrogen-bond acceptors (Lipinski definition) is 3. The molecule has 0 aromatic rings. The first-order chi connectivity index (χ1) is 8.60. The summed E-state index contributed by atoms with van der Waals surface area (Å²) in [4.78, 5) is 5.91. The number of aliphatic imine (C=N–C) groups is 1. The van der Waals surface area contributed by atoms with Crippen molar-refractivity contribution in [1.29, 1.82) is 0 Å². The number of thiocarbonyl (C=S) groups is 1. The third-order valence-electron chi connectivity index (χ3n) is 4.59. The standard InChI is InChI=1S/C15H24N2S2/c1-13(2)8-11(18)16-10(13)7-15(5)14(3,4)9-12(17-15)19-6/h7H,8-9H2,1-6H3,(H,16,18)/b10-7-. The zero-order valence-corrected chi connectivity index (χ0v) is 14.4. The van der Waals surface area contributed by atoms with Gasteiger partial charge in [0.25, 0.3) is 0 Å². The van der Waals surface area contributed by atoms with Crippen LogP contribution >= 0.6 is 24.0 Å². The smallest absolute Gasteiger partial charge is 0.0843 e. The van der Waals surface area contributed by atoms with E-state index in [1.807, 2.05) is 0 Å². The van der Waals surface area contributed by atoms with Crippen LogP contribution in [0.5, 0.6) is 0 Å². The molecule has 0 amide bonds. The van der Waals surface area contributed by atoms with E-state index in [1.165, 1.54) is 10.7 Å². The molecule has 1 fully saturated rings. The molecule has 1 atom stereocenters. The molecule has 1 N–H and O–H groups in total. The summed E-state index contributed by atoms with van der Waals surface area (Å²) in [5.41, 5.74) is 1.35. The summed E-state index contributed by atoms with van der Waals surface area (Å²) < 4.78 is 0. The van der Waals surface area contributed by atoms with Crippen LogP contribution in [-0.4, -0.2) is 21.8 Å². The van der Waals surface area contributed by atoms with E-state index in [4.69, 9.17) is 17.2 Å². The molecule has 2 nitrogen and oxygen atoms in total. The number of thioether (sulfide) groups is 1. The second-order valence-electron chi connectivity index (χ2n) is 7.08. The van der Waals surface area contributed by atoms with E-state index in [9.17, 15) is 0 Å². The minimum atomic E-state index is -0.148. The molecular weight excluding hydrogens is 272 g/mol. The Morgan fingerprint density at radius 1 is 1.21 bits per heavy atom. The molecule has 0 aliphatic carbocycles. The maximum absolute atomic E-state index is 5.33. The maximum Gasteiger partial charge on any atom is 0.0843 e. The molecular formula is C15H24N2S2. The Kier molecular flexibility index (Phi) is 3.63. The fourth-order valence-corrected chi connectivity index (χ4v) is 3.98. The van der Waals surface area contributed by atoms with Crippen molar-refractivity contribution in [3.63, 3.8) is 0 Å². The van der Waals surface area contributed by atoms with Gasteiger partial charge in [0.15, 0.2) is 0 Å². The molecule has 4 heteroatoms. The van der Waals surface area contributed by atoms with Crippen LogP contribution < -0.4 is 5.32 Å². The van der Waals surface area contributed by atoms with Crippen LogP contribution in [0.15, 0.2) is 16.8 Å². The number of nitrogens with zero attached hydrogens (tertiary/aromatic N) is 1. The molecule has 0 aromatic carbocycles. The largest absolute Gasteiger partial charge is 0.353 e. The van der Waals surface area contributed by atoms with Crippen LogP contribution in [0, 0.1) is 10.8 Å². The predicted molar refractivity (Wildman–Crippen MR) is 90.0 cm³/mol. The van der Waals surface area contributed by atoms with E-state index >= 15 is 0 Å². The summed E-state index contributed by atoms with van der Waals surface area (Å²) in [7, 11) is 0. The summed E-state index contributed by atoms with van der Waals surface area (Å²) in [5, 5.41) is 4.64. The Morgan fingerprint density at radius 3 is 2.26 bits per heavy atom. The molecule has 0 bridgehead atoms. The van der Waals surface area contributed by atoms with Gasteiger partial charge in [-0.3, -0.25) is 4.99 Å². The summed E-state index contributed by atoms with van der Waals surface area (Å²) in [5.74, 6) is 0. The highest BCUT2D eigenvalue weighted by atomic mass is 32.2. The van der Waals surface area contributed by atoms with Crippen LogP contribution in [0.2, 0.25) is 0 Å². The zero-order valence-electron chi connectivity index (χ0n) is 12.8. The summed E-state index contributed by atoms with van der Waals surface area (Å²) >= 11 is 7.10. The van der Waals surface area contributed by atoms with Crippen molar-refractivity contribution in [3.8, 4) is 0 Å². The predicted octanol–water partition coefficient (Wildman–Crippen LogP) is 4.17. The van der Waals surface area contributed by atoms with Crippen molar-refractivity contribution in [2.24, 2.45) is 15.8 Å². The van der Waals surface area contributed by atoms with Crippen LogP contribution in [0.1, 0.15) is 47.5 Å². The van der Waals surface area contributed by atoms with Crippen molar-refractivity contribution < 1.29 is 0 Å². The van der Waals surface area contributed by atoms with Gasteiger partial charge in [0, 0.05) is 24.0 Å². The van der Waals surface area contributed by atoms with Gasteiger partial charge in [-0.05, 0) is 24.7 Å². The van der Waals surface area contributed by atoms with E-state index < -0.39 is 0 Å². The van der Waals surface area contributed by atoms with Gasteiger partial charge in [-0.2, -0.15) is 0 Å². The summed E-state index contributed by atoms with van der Waals surface area (Å²) in [6, 6.07) is 0. The Morgan fingerprint density at radius 2 is 1.84 bits per heavy atom. The van der Waals surface area contributed by atoms with Gasteiger partial charge in [-0.1, -0.05) is 39.9 Å². The van der Waals surface area contributed by atoms with E-state index in [2.05, 4.69) is 52.3 Å². The lowest BCUT2D eigenvalue weighted by molar-refractivity contribution is 0.265. The van der Waals surface area contributed by atoms with Crippen molar-refractivity contribution in [3.05, 3.63) is 11.8 Å². The van der Waals surface area contributed by atoms with Crippen LogP contribution in [0.3, 0.4) is 0 Å². The first-order valence-corrected chi connectivity index (χ1v) is 8.39. The van der Waals surface area contributed by atoms with Crippen molar-refractivity contribution in [1.82, 2.24) is 5.32 Å². The fourth-order valence-electron chi connectivity index (χ4n) is 2.73. The third kappa shape index (κ3) is 2.62. The normalized spacial score (nSPS) is 34.5. The lowest BCUT2D eigenvalue weighted by Crippen LogP contribution is -2.36. The quantitative estimate of drug-likeness (QED) is 0.735. The Labute approximate surface area is 126 Å². The van der Waals surface area contributed by atoms with Gasteiger partial charge < -0.3 is 5.32 Å². The van der Waals surface area contributed by atoms with Crippen LogP contribution in [0.4, 0.5) is 0 Å². The zero-order chi connectivity index (χ0) is 14.5. The number of allylic oxidation sites excluding steroid dienone is 1. The van der Waals surface area contributed by atoms with Gasteiger partial charge >= 0.3 is 0 Å². The fraction of sp³-hybridized carbons (Fsp3) is 0.733. The molecule has 2 rings (SSSR count). The summed E-state index contributed by atoms with van der Waals surface area (Å²) in [6.45, 7) is 11.3. The molecule has 19 heavy (non-hydrogen) atoms. The Hall–Kier alpha value is -0.350. The molecule has 1 saturated heterocycles. The van der Waals surface area contributed by atoms with E-state index in [0.717, 1.165) is 17.8 Å². The van der Waals surface area contributed by atoms with Gasteiger partial charge in [0.05, 0.1) is 15.6 Å². The maximum atomic E-state index is 5.33. The molecule has 1 unspecified atom stereocenters. The monoisotopic (exact) mass is 296 g/mol. The van der Waals surface area contributed by atoms with E-state index in [0.29, 0.717) is 0 Å². The topological polar surface area (TPSA) is 24.4 Å². The Balaban J connectivity index is 2.41. The molecule has 0 spiro atoms. The molecule has 2 aliphatic rings. The van der Waals surface area contributed by atoms with Gasteiger partial charge in [-0.25, -0.2) is 0 Å². The highest BCUT2D eigenvalue weighted by Crippen LogP contribution is 2.48. The number of hydrogen-bond donors (Lipinski definition) is 1. The van der Waals surface area contributed by atoms with Crippen molar-refractivity contribution in [2.75, 3.05) is 6.26 Å². The minimum Gasteiger partial charge on any atom is -0.353 e. The molecule has 2 heterocycles. The second-order valence-corrected chi connectivity index (χ2v) is 8.46. The third-order valence-corrected chi connectivity index (χ3v) is 5.54. The lowest BCUT2D eigenvalue weighted by atomic mass is 9.72. The number of nitrogens with one attached hydrogen (secondary N) is 1. The van der Waals surface area contributed by atoms with Gasteiger partial charge in [-0.15, -0.1) is 11.8 Å². The highest BCUT2D eigenvalue weighted by Gasteiger charge is 2.46.